The van der Waals surface area contributed by atoms with Gasteiger partial charge in [-0.25, -0.2) is 15.0 Å². The lowest BCUT2D eigenvalue weighted by Crippen LogP contribution is -2.12. The predicted molar refractivity (Wildman–Crippen MR) is 84.7 cm³/mol. The van der Waals surface area contributed by atoms with E-state index in [9.17, 15) is 9.59 Å². The molecule has 0 aliphatic rings. The Kier molecular flexibility index (Phi) is 3.79. The molecule has 8 nitrogen and oxygen atoms in total. The Morgan fingerprint density at radius 2 is 2.23 bits per heavy atom. The number of nitrogens with zero attached hydrogens (tertiary/aromatic N) is 3. The maximum Gasteiger partial charge on any atom is 0.303 e. The van der Waals surface area contributed by atoms with Gasteiger partial charge in [-0.1, -0.05) is 0 Å². The Balaban J connectivity index is 0.00000144. The number of carbonyl (C=O) groups excluding carboxylic acids is 1. The van der Waals surface area contributed by atoms with Crippen molar-refractivity contribution in [3.8, 4) is 11.4 Å². The molecule has 1 amide bonds. The molecule has 3 rings (SSSR count). The second-order valence-corrected chi connectivity index (χ2v) is 5.30. The second-order valence-electron chi connectivity index (χ2n) is 4.44. The van der Waals surface area contributed by atoms with Gasteiger partial charge in [0.2, 0.25) is 5.91 Å². The number of amides is 1. The van der Waals surface area contributed by atoms with Crippen LogP contribution in [0.25, 0.3) is 22.4 Å². The van der Waals surface area contributed by atoms with Gasteiger partial charge in [0.1, 0.15) is 23.4 Å². The summed E-state index contributed by atoms with van der Waals surface area (Å²) < 4.78 is 0. The van der Waals surface area contributed by atoms with Crippen LogP contribution in [0.1, 0.15) is 15.7 Å². The molecule has 0 radical (unpaired) electrons. The number of carboxylic acid groups (broad SMARTS) is 1. The summed E-state index contributed by atoms with van der Waals surface area (Å²) in [6.45, 7) is 0. The first-order valence-electron chi connectivity index (χ1n) is 6.39. The van der Waals surface area contributed by atoms with Crippen LogP contribution in [0.4, 0.5) is 5.13 Å². The number of rotatable bonds is 5. The van der Waals surface area contributed by atoms with Gasteiger partial charge in [-0.05, 0) is 6.07 Å². The first-order chi connectivity index (χ1) is 10.6. The fourth-order valence-corrected chi connectivity index (χ4v) is 2.63. The lowest BCUT2D eigenvalue weighted by atomic mass is 10.2. The number of aromatic nitrogens is 4. The Hall–Kier alpha value is -2.81. The SMILES string of the molecule is O=C(O)CCC(=O)Nc1nc(-c2ncnc3[nH]ccc23)cs1.[HH].[HH]. The number of thiazole rings is 1. The Labute approximate surface area is 131 Å². The molecule has 0 aromatic carbocycles. The van der Waals surface area contributed by atoms with E-state index in [0.717, 1.165) is 5.39 Å². The van der Waals surface area contributed by atoms with Crippen LogP contribution < -0.4 is 5.32 Å². The zero-order valence-corrected chi connectivity index (χ0v) is 12.1. The lowest BCUT2D eigenvalue weighted by molar-refractivity contribution is -0.138. The Morgan fingerprint density at radius 1 is 1.36 bits per heavy atom. The van der Waals surface area contributed by atoms with Gasteiger partial charge < -0.3 is 15.4 Å². The minimum Gasteiger partial charge on any atom is -0.481 e. The fourth-order valence-electron chi connectivity index (χ4n) is 1.92. The zero-order valence-electron chi connectivity index (χ0n) is 11.2. The molecular weight excluding hydrogens is 306 g/mol. The number of aliphatic carboxylic acids is 1. The quantitative estimate of drug-likeness (QED) is 0.663. The number of nitrogens with one attached hydrogen (secondary N) is 2. The van der Waals surface area contributed by atoms with E-state index in [-0.39, 0.29) is 21.6 Å². The molecule has 0 aliphatic carbocycles. The number of hydrogen-bond acceptors (Lipinski definition) is 6. The van der Waals surface area contributed by atoms with Gasteiger partial charge in [0.05, 0.1) is 6.42 Å². The average Bonchev–Trinajstić information content (AvgIpc) is 3.13. The van der Waals surface area contributed by atoms with E-state index in [0.29, 0.717) is 22.2 Å². The minimum absolute atomic E-state index is 0. The molecule has 0 unspecified atom stereocenters. The van der Waals surface area contributed by atoms with Gasteiger partial charge in [0, 0.05) is 26.2 Å². The zero-order chi connectivity index (χ0) is 15.5. The van der Waals surface area contributed by atoms with Crippen LogP contribution in [0, 0.1) is 0 Å². The van der Waals surface area contributed by atoms with E-state index in [2.05, 4.69) is 25.3 Å². The number of anilines is 1. The van der Waals surface area contributed by atoms with Crippen LogP contribution in [0.2, 0.25) is 0 Å². The highest BCUT2D eigenvalue weighted by atomic mass is 32.1. The molecule has 116 valence electrons. The molecule has 0 aliphatic heterocycles. The van der Waals surface area contributed by atoms with Crippen molar-refractivity contribution in [1.82, 2.24) is 19.9 Å². The summed E-state index contributed by atoms with van der Waals surface area (Å²) in [5.74, 6) is -1.39. The molecule has 3 aromatic heterocycles. The normalized spacial score (nSPS) is 10.7. The molecule has 9 heteroatoms. The van der Waals surface area contributed by atoms with E-state index < -0.39 is 5.97 Å². The molecule has 0 saturated carbocycles. The van der Waals surface area contributed by atoms with Crippen molar-refractivity contribution in [2.24, 2.45) is 0 Å². The van der Waals surface area contributed by atoms with Crippen molar-refractivity contribution in [1.29, 1.82) is 0 Å². The molecule has 22 heavy (non-hydrogen) atoms. The summed E-state index contributed by atoms with van der Waals surface area (Å²) in [4.78, 5) is 37.7. The molecule has 3 N–H and O–H groups in total. The van der Waals surface area contributed by atoms with Crippen molar-refractivity contribution in [3.63, 3.8) is 0 Å². The molecule has 0 atom stereocenters. The van der Waals surface area contributed by atoms with Gasteiger partial charge in [-0.15, -0.1) is 11.3 Å². The van der Waals surface area contributed by atoms with Gasteiger partial charge in [0.25, 0.3) is 0 Å². The summed E-state index contributed by atoms with van der Waals surface area (Å²) in [6, 6.07) is 1.86. The van der Waals surface area contributed by atoms with Crippen LogP contribution in [0.3, 0.4) is 0 Å². The second kappa shape index (κ2) is 5.90. The van der Waals surface area contributed by atoms with Gasteiger partial charge in [0.15, 0.2) is 5.13 Å². The number of H-pyrrole nitrogens is 1. The highest BCUT2D eigenvalue weighted by Gasteiger charge is 2.13. The number of hydrogen-bond donors (Lipinski definition) is 3. The highest BCUT2D eigenvalue weighted by molar-refractivity contribution is 7.14. The molecule has 0 saturated heterocycles. The van der Waals surface area contributed by atoms with Crippen molar-refractivity contribution in [2.45, 2.75) is 12.8 Å². The molecule has 0 spiro atoms. The van der Waals surface area contributed by atoms with E-state index >= 15 is 0 Å². The standard InChI is InChI=1S/C13H11N5O3S.2H2/c19-9(1-2-10(20)21)18-13-17-8(5-22-13)11-7-3-4-14-12(7)16-6-15-11;;/h3-6H,1-2H2,(H,20,21)(H,14,15,16)(H,17,18,19);2*1H. The molecule has 0 fully saturated rings. The molecule has 3 heterocycles. The third kappa shape index (κ3) is 2.93. The summed E-state index contributed by atoms with van der Waals surface area (Å²) >= 11 is 1.26. The number of fused-ring (bicyclic) bond motifs is 1. The summed E-state index contributed by atoms with van der Waals surface area (Å²) in [6.07, 6.45) is 2.92. The van der Waals surface area contributed by atoms with Gasteiger partial charge >= 0.3 is 5.97 Å². The van der Waals surface area contributed by atoms with Gasteiger partial charge in [-0.2, -0.15) is 0 Å². The maximum absolute atomic E-state index is 11.6. The van der Waals surface area contributed by atoms with Crippen LogP contribution >= 0.6 is 11.3 Å². The summed E-state index contributed by atoms with van der Waals surface area (Å²) in [5, 5.41) is 14.2. The summed E-state index contributed by atoms with van der Waals surface area (Å²) in [7, 11) is 0. The largest absolute Gasteiger partial charge is 0.481 e. The monoisotopic (exact) mass is 321 g/mol. The van der Waals surface area contributed by atoms with Crippen LogP contribution in [0.5, 0.6) is 0 Å². The number of carboxylic acids is 1. The van der Waals surface area contributed by atoms with Gasteiger partial charge in [-0.3, -0.25) is 9.59 Å². The Morgan fingerprint density at radius 3 is 3.05 bits per heavy atom. The van der Waals surface area contributed by atoms with Crippen molar-refractivity contribution < 1.29 is 17.5 Å². The van der Waals surface area contributed by atoms with E-state index in [1.54, 1.807) is 11.6 Å². The van der Waals surface area contributed by atoms with Crippen LogP contribution in [-0.4, -0.2) is 36.9 Å². The van der Waals surface area contributed by atoms with E-state index in [1.165, 1.54) is 17.7 Å². The topological polar surface area (TPSA) is 121 Å². The Bertz CT molecular complexity index is 851. The van der Waals surface area contributed by atoms with Crippen molar-refractivity contribution >= 4 is 39.4 Å². The third-order valence-corrected chi connectivity index (χ3v) is 3.67. The highest BCUT2D eigenvalue weighted by Crippen LogP contribution is 2.28. The fraction of sp³-hybridized carbons (Fsp3) is 0.154. The van der Waals surface area contributed by atoms with Crippen molar-refractivity contribution in [3.05, 3.63) is 24.0 Å². The average molecular weight is 321 g/mol. The lowest BCUT2D eigenvalue weighted by Gasteiger charge is -1.99. The number of aromatic amines is 1. The van der Waals surface area contributed by atoms with E-state index in [1.807, 2.05) is 6.07 Å². The molecule has 3 aromatic rings. The molecule has 0 bridgehead atoms. The molecular formula is C13H15N5O3S. The predicted octanol–water partition coefficient (Wildman–Crippen LogP) is 2.38. The third-order valence-electron chi connectivity index (χ3n) is 2.91. The minimum atomic E-state index is -1.01. The first kappa shape index (κ1) is 14.1. The first-order valence-corrected chi connectivity index (χ1v) is 7.27. The van der Waals surface area contributed by atoms with Crippen LogP contribution in [-0.2, 0) is 9.59 Å². The summed E-state index contributed by atoms with van der Waals surface area (Å²) in [5.41, 5.74) is 2.02. The smallest absolute Gasteiger partial charge is 0.303 e. The maximum atomic E-state index is 11.6. The number of carbonyl (C=O) groups is 2. The van der Waals surface area contributed by atoms with Crippen LogP contribution in [0.15, 0.2) is 24.0 Å². The van der Waals surface area contributed by atoms with Crippen molar-refractivity contribution in [2.75, 3.05) is 5.32 Å². The van der Waals surface area contributed by atoms with E-state index in [4.69, 9.17) is 5.11 Å².